The Morgan fingerprint density at radius 1 is 1.00 bits per heavy atom. The fraction of sp³-hybridized carbons (Fsp3) is 0.531. The van der Waals surface area contributed by atoms with Crippen molar-refractivity contribution in [1.29, 1.82) is 0 Å². The zero-order valence-corrected chi connectivity index (χ0v) is 24.4. The van der Waals surface area contributed by atoms with Crippen LogP contribution in [-0.4, -0.2) is 56.7 Å². The Bertz CT molecular complexity index is 1220. The number of benzene rings is 2. The Labute approximate surface area is 242 Å². The summed E-state index contributed by atoms with van der Waals surface area (Å²) in [5.74, 6) is -0.621. The first kappa shape index (κ1) is 30.2. The number of hydrogen-bond donors (Lipinski definition) is 4. The molecule has 0 aromatic heterocycles. The van der Waals surface area contributed by atoms with Gasteiger partial charge in [-0.2, -0.15) is 0 Å². The van der Waals surface area contributed by atoms with E-state index in [4.69, 9.17) is 4.74 Å². The van der Waals surface area contributed by atoms with Crippen molar-refractivity contribution in [2.75, 3.05) is 0 Å². The Morgan fingerprint density at radius 3 is 2.22 bits per heavy atom. The first-order chi connectivity index (χ1) is 19.4. The molecule has 4 atom stereocenters. The molecule has 4 unspecified atom stereocenters. The minimum Gasteiger partial charge on any atom is -0.508 e. The molecule has 2 aromatic rings. The average Bonchev–Trinajstić information content (AvgIpc) is 3.63. The van der Waals surface area contributed by atoms with Gasteiger partial charge in [0.1, 0.15) is 29.2 Å². The molecule has 0 heterocycles. The number of nitrogens with one attached hydrogen (secondary N) is 2. The SMILES string of the molecule is CC1CC1N(C(=O)C(Cc1ccc(O)cc1)NC(=O)OC(C)(C)C)C(C(=O)NC1CCCCC1)c1ccccc1O. The van der Waals surface area contributed by atoms with E-state index in [0.29, 0.717) is 17.5 Å². The van der Waals surface area contributed by atoms with Crippen molar-refractivity contribution in [1.82, 2.24) is 15.5 Å². The molecule has 0 spiro atoms. The topological polar surface area (TPSA) is 128 Å². The highest BCUT2D eigenvalue weighted by Crippen LogP contribution is 2.42. The molecule has 3 amide bonds. The Balaban J connectivity index is 1.71. The van der Waals surface area contributed by atoms with E-state index >= 15 is 0 Å². The summed E-state index contributed by atoms with van der Waals surface area (Å²) >= 11 is 0. The molecule has 2 aromatic carbocycles. The summed E-state index contributed by atoms with van der Waals surface area (Å²) in [4.78, 5) is 43.0. The summed E-state index contributed by atoms with van der Waals surface area (Å²) in [6, 6.07) is 10.6. The van der Waals surface area contributed by atoms with Crippen LogP contribution in [0, 0.1) is 5.92 Å². The molecule has 2 fully saturated rings. The number of nitrogens with zero attached hydrogens (tertiary/aromatic N) is 1. The lowest BCUT2D eigenvalue weighted by molar-refractivity contribution is -0.143. The van der Waals surface area contributed by atoms with Crippen LogP contribution in [0.4, 0.5) is 4.79 Å². The molecule has 222 valence electrons. The second kappa shape index (κ2) is 12.8. The van der Waals surface area contributed by atoms with Crippen molar-refractivity contribution < 1.29 is 29.3 Å². The molecule has 0 aliphatic heterocycles. The summed E-state index contributed by atoms with van der Waals surface area (Å²) in [5.41, 5.74) is 0.278. The maximum atomic E-state index is 14.5. The van der Waals surface area contributed by atoms with Crippen LogP contribution in [0.15, 0.2) is 48.5 Å². The molecule has 2 saturated carbocycles. The van der Waals surface area contributed by atoms with E-state index in [-0.39, 0.29) is 41.8 Å². The van der Waals surface area contributed by atoms with Gasteiger partial charge in [0.2, 0.25) is 11.8 Å². The summed E-state index contributed by atoms with van der Waals surface area (Å²) in [6.45, 7) is 7.24. The molecule has 0 bridgehead atoms. The molecule has 2 aliphatic rings. The van der Waals surface area contributed by atoms with Crippen molar-refractivity contribution in [3.8, 4) is 11.5 Å². The van der Waals surface area contributed by atoms with E-state index < -0.39 is 29.7 Å². The smallest absolute Gasteiger partial charge is 0.408 e. The van der Waals surface area contributed by atoms with E-state index in [0.717, 1.165) is 32.1 Å². The second-order valence-electron chi connectivity index (χ2n) is 12.4. The number of carbonyl (C=O) groups excluding carboxylic acids is 3. The average molecular weight is 566 g/mol. The van der Waals surface area contributed by atoms with Gasteiger partial charge in [-0.1, -0.05) is 56.5 Å². The van der Waals surface area contributed by atoms with Crippen LogP contribution in [0.2, 0.25) is 0 Å². The van der Waals surface area contributed by atoms with Crippen LogP contribution in [-0.2, 0) is 20.7 Å². The summed E-state index contributed by atoms with van der Waals surface area (Å²) < 4.78 is 5.48. The standard InChI is InChI=1S/C32H43N3O6/c1-20-18-26(20)35(28(24-12-8-9-13-27(24)37)29(38)33-22-10-6-5-7-11-22)30(39)25(34-31(40)41-32(2,3)4)19-21-14-16-23(36)17-15-21/h8-9,12-17,20,22,25-26,28,36-37H,5-7,10-11,18-19H2,1-4H3,(H,33,38)(H,34,40). The molecule has 0 saturated heterocycles. The number of para-hydroxylation sites is 1. The lowest BCUT2D eigenvalue weighted by Gasteiger charge is -2.36. The van der Waals surface area contributed by atoms with Crippen LogP contribution >= 0.6 is 0 Å². The van der Waals surface area contributed by atoms with E-state index in [1.165, 1.54) is 18.2 Å². The minimum atomic E-state index is -1.08. The Morgan fingerprint density at radius 2 is 1.63 bits per heavy atom. The zero-order valence-electron chi connectivity index (χ0n) is 24.4. The van der Waals surface area contributed by atoms with Gasteiger partial charge in [-0.3, -0.25) is 9.59 Å². The van der Waals surface area contributed by atoms with Crippen LogP contribution in [0.1, 0.15) is 83.4 Å². The molecule has 9 nitrogen and oxygen atoms in total. The molecule has 0 radical (unpaired) electrons. The van der Waals surface area contributed by atoms with Gasteiger partial charge in [0.05, 0.1) is 0 Å². The lowest BCUT2D eigenvalue weighted by Crippen LogP contribution is -2.55. The van der Waals surface area contributed by atoms with Gasteiger partial charge in [-0.25, -0.2) is 4.79 Å². The number of alkyl carbamates (subject to hydrolysis) is 1. The molecule has 4 N–H and O–H groups in total. The van der Waals surface area contributed by atoms with Crippen molar-refractivity contribution >= 4 is 17.9 Å². The van der Waals surface area contributed by atoms with Crippen LogP contribution < -0.4 is 10.6 Å². The van der Waals surface area contributed by atoms with Crippen molar-refractivity contribution in [3.63, 3.8) is 0 Å². The monoisotopic (exact) mass is 565 g/mol. The maximum Gasteiger partial charge on any atom is 0.408 e. The third-order valence-corrected chi connectivity index (χ3v) is 7.75. The van der Waals surface area contributed by atoms with Crippen LogP contribution in [0.25, 0.3) is 0 Å². The number of carbonyl (C=O) groups is 3. The maximum absolute atomic E-state index is 14.5. The van der Waals surface area contributed by atoms with Gasteiger partial charge in [-0.15, -0.1) is 0 Å². The highest BCUT2D eigenvalue weighted by molar-refractivity contribution is 5.93. The molecule has 9 heteroatoms. The Hall–Kier alpha value is -3.75. The van der Waals surface area contributed by atoms with Crippen LogP contribution in [0.3, 0.4) is 0 Å². The normalized spacial score (nSPS) is 20.4. The van der Waals surface area contributed by atoms with Gasteiger partial charge >= 0.3 is 6.09 Å². The predicted octanol–water partition coefficient (Wildman–Crippen LogP) is 4.96. The lowest BCUT2D eigenvalue weighted by atomic mass is 9.94. The molecule has 41 heavy (non-hydrogen) atoms. The molecule has 4 rings (SSSR count). The predicted molar refractivity (Wildman–Crippen MR) is 155 cm³/mol. The largest absolute Gasteiger partial charge is 0.508 e. The number of phenols is 2. The van der Waals surface area contributed by atoms with Gasteiger partial charge in [0, 0.05) is 24.1 Å². The number of ether oxygens (including phenoxy) is 1. The summed E-state index contributed by atoms with van der Waals surface area (Å²) in [6.07, 6.45) is 5.01. The first-order valence-corrected chi connectivity index (χ1v) is 14.6. The van der Waals surface area contributed by atoms with Crippen molar-refractivity contribution in [3.05, 3.63) is 59.7 Å². The zero-order chi connectivity index (χ0) is 29.7. The van der Waals surface area contributed by atoms with Crippen molar-refractivity contribution in [2.24, 2.45) is 5.92 Å². The van der Waals surface area contributed by atoms with Crippen molar-refractivity contribution in [2.45, 2.75) is 102 Å². The van der Waals surface area contributed by atoms with Gasteiger partial charge in [0.25, 0.3) is 0 Å². The molecular formula is C32H43N3O6. The Kier molecular flexibility index (Phi) is 9.46. The number of phenolic OH excluding ortho intramolecular Hbond substituents is 2. The van der Waals surface area contributed by atoms with E-state index in [9.17, 15) is 24.6 Å². The first-order valence-electron chi connectivity index (χ1n) is 14.6. The molecule has 2 aliphatic carbocycles. The second-order valence-corrected chi connectivity index (χ2v) is 12.4. The number of aromatic hydroxyl groups is 2. The minimum absolute atomic E-state index is 0.00543. The van der Waals surface area contributed by atoms with E-state index in [1.54, 1.807) is 56.0 Å². The highest BCUT2D eigenvalue weighted by atomic mass is 16.6. The number of rotatable bonds is 9. The van der Waals surface area contributed by atoms with Crippen LogP contribution in [0.5, 0.6) is 11.5 Å². The summed E-state index contributed by atoms with van der Waals surface area (Å²) in [7, 11) is 0. The van der Waals surface area contributed by atoms with Gasteiger partial charge in [-0.05, 0) is 69.7 Å². The van der Waals surface area contributed by atoms with Gasteiger partial charge < -0.3 is 30.5 Å². The van der Waals surface area contributed by atoms with Gasteiger partial charge in [0.15, 0.2) is 0 Å². The third-order valence-electron chi connectivity index (χ3n) is 7.75. The van der Waals surface area contributed by atoms with E-state index in [2.05, 4.69) is 10.6 Å². The fourth-order valence-corrected chi connectivity index (χ4v) is 5.53. The quantitative estimate of drug-likeness (QED) is 0.340. The number of amides is 3. The fourth-order valence-electron chi connectivity index (χ4n) is 5.53. The molecular weight excluding hydrogens is 522 g/mol. The summed E-state index contributed by atoms with van der Waals surface area (Å²) in [5, 5.41) is 26.5. The third kappa shape index (κ3) is 8.15. The number of hydrogen-bond acceptors (Lipinski definition) is 6. The van der Waals surface area contributed by atoms with E-state index in [1.807, 2.05) is 6.92 Å². The highest BCUT2D eigenvalue weighted by Gasteiger charge is 2.49.